The molecule has 1 aromatic heterocycles. The van der Waals surface area contributed by atoms with Gasteiger partial charge in [-0.2, -0.15) is 5.10 Å². The lowest BCUT2D eigenvalue weighted by atomic mass is 9.97. The number of aromatic nitrogens is 2. The van der Waals surface area contributed by atoms with Crippen LogP contribution in [0.3, 0.4) is 0 Å². The summed E-state index contributed by atoms with van der Waals surface area (Å²) >= 11 is 0. The molecule has 1 heterocycles. The van der Waals surface area contributed by atoms with Crippen LogP contribution in [0.15, 0.2) is 0 Å². The van der Waals surface area contributed by atoms with E-state index in [4.69, 9.17) is 0 Å². The van der Waals surface area contributed by atoms with Gasteiger partial charge in [-0.3, -0.25) is 14.8 Å². The van der Waals surface area contributed by atoms with E-state index in [1.54, 1.807) is 11.6 Å². The minimum absolute atomic E-state index is 0.0449. The standard InChI is InChI=1S/C12H21N3O3/c1-5-7-14-11(8(3)10(16)6-2)12(15(17)18)9(4)13-14/h8,10,16H,5-7H2,1-4H3. The largest absolute Gasteiger partial charge is 0.392 e. The summed E-state index contributed by atoms with van der Waals surface area (Å²) in [4.78, 5) is 10.7. The zero-order valence-electron chi connectivity index (χ0n) is 11.4. The molecular weight excluding hydrogens is 234 g/mol. The van der Waals surface area contributed by atoms with Gasteiger partial charge in [-0.15, -0.1) is 0 Å². The smallest absolute Gasteiger partial charge is 0.313 e. The van der Waals surface area contributed by atoms with Crippen molar-refractivity contribution in [3.63, 3.8) is 0 Å². The van der Waals surface area contributed by atoms with Crippen molar-refractivity contribution in [2.24, 2.45) is 0 Å². The second-order valence-corrected chi connectivity index (χ2v) is 4.56. The molecule has 18 heavy (non-hydrogen) atoms. The van der Waals surface area contributed by atoms with Crippen LogP contribution in [-0.4, -0.2) is 25.9 Å². The van der Waals surface area contributed by atoms with Gasteiger partial charge in [-0.1, -0.05) is 20.8 Å². The molecule has 0 saturated heterocycles. The Labute approximate surface area is 107 Å². The van der Waals surface area contributed by atoms with Crippen molar-refractivity contribution in [3.05, 3.63) is 21.5 Å². The minimum atomic E-state index is -0.588. The van der Waals surface area contributed by atoms with E-state index < -0.39 is 11.0 Å². The number of rotatable bonds is 6. The number of nitrogens with zero attached hydrogens (tertiary/aromatic N) is 3. The van der Waals surface area contributed by atoms with Gasteiger partial charge in [0.25, 0.3) is 0 Å². The number of nitro groups is 1. The first kappa shape index (κ1) is 14.6. The van der Waals surface area contributed by atoms with E-state index in [1.807, 2.05) is 20.8 Å². The Morgan fingerprint density at radius 1 is 1.50 bits per heavy atom. The van der Waals surface area contributed by atoms with Gasteiger partial charge in [0, 0.05) is 12.5 Å². The highest BCUT2D eigenvalue weighted by molar-refractivity contribution is 5.43. The molecule has 0 spiro atoms. The van der Waals surface area contributed by atoms with Crippen molar-refractivity contribution in [1.82, 2.24) is 9.78 Å². The molecule has 0 fully saturated rings. The molecule has 1 rings (SSSR count). The normalized spacial score (nSPS) is 14.5. The highest BCUT2D eigenvalue weighted by Gasteiger charge is 2.31. The molecule has 0 radical (unpaired) electrons. The maximum atomic E-state index is 11.1. The van der Waals surface area contributed by atoms with Crippen LogP contribution in [0.1, 0.15) is 50.9 Å². The fraction of sp³-hybridized carbons (Fsp3) is 0.750. The zero-order chi connectivity index (χ0) is 13.9. The Kier molecular flexibility index (Phi) is 4.84. The first-order valence-electron chi connectivity index (χ1n) is 6.33. The summed E-state index contributed by atoms with van der Waals surface area (Å²) in [5.41, 5.74) is 0.996. The van der Waals surface area contributed by atoms with Crippen molar-refractivity contribution < 1.29 is 10.0 Å². The van der Waals surface area contributed by atoms with E-state index >= 15 is 0 Å². The summed E-state index contributed by atoms with van der Waals surface area (Å²) < 4.78 is 1.66. The summed E-state index contributed by atoms with van der Waals surface area (Å²) in [5, 5.41) is 25.3. The van der Waals surface area contributed by atoms with Gasteiger partial charge in [-0.25, -0.2) is 0 Å². The summed E-state index contributed by atoms with van der Waals surface area (Å²) in [6.45, 7) is 7.93. The van der Waals surface area contributed by atoms with Crippen LogP contribution >= 0.6 is 0 Å². The third-order valence-corrected chi connectivity index (χ3v) is 3.18. The molecule has 6 nitrogen and oxygen atoms in total. The first-order valence-corrected chi connectivity index (χ1v) is 6.33. The van der Waals surface area contributed by atoms with Gasteiger partial charge < -0.3 is 5.11 Å². The van der Waals surface area contributed by atoms with Crippen molar-refractivity contribution in [3.8, 4) is 0 Å². The van der Waals surface area contributed by atoms with E-state index in [1.165, 1.54) is 0 Å². The molecule has 2 atom stereocenters. The zero-order valence-corrected chi connectivity index (χ0v) is 11.4. The number of aliphatic hydroxyl groups is 1. The lowest BCUT2D eigenvalue weighted by Crippen LogP contribution is -2.19. The van der Waals surface area contributed by atoms with Gasteiger partial charge in [0.15, 0.2) is 0 Å². The van der Waals surface area contributed by atoms with Crippen LogP contribution in [-0.2, 0) is 6.54 Å². The molecule has 0 saturated carbocycles. The first-order chi connectivity index (χ1) is 8.43. The quantitative estimate of drug-likeness (QED) is 0.625. The molecule has 0 amide bonds. The average Bonchev–Trinajstić information content (AvgIpc) is 2.64. The molecule has 1 N–H and O–H groups in total. The van der Waals surface area contributed by atoms with Gasteiger partial charge in [0.05, 0.1) is 11.0 Å². The van der Waals surface area contributed by atoms with E-state index in [2.05, 4.69) is 5.10 Å². The van der Waals surface area contributed by atoms with E-state index in [0.29, 0.717) is 24.4 Å². The van der Waals surface area contributed by atoms with Crippen LogP contribution in [0, 0.1) is 17.0 Å². The van der Waals surface area contributed by atoms with Crippen molar-refractivity contribution in [2.75, 3.05) is 0 Å². The lowest BCUT2D eigenvalue weighted by molar-refractivity contribution is -0.386. The molecule has 2 unspecified atom stereocenters. The van der Waals surface area contributed by atoms with Crippen LogP contribution in [0.4, 0.5) is 5.69 Å². The second kappa shape index (κ2) is 5.95. The second-order valence-electron chi connectivity index (χ2n) is 4.56. The molecule has 6 heteroatoms. The summed E-state index contributed by atoms with van der Waals surface area (Å²) in [6.07, 6.45) is 0.824. The highest BCUT2D eigenvalue weighted by Crippen LogP contribution is 2.32. The fourth-order valence-corrected chi connectivity index (χ4v) is 2.18. The maximum Gasteiger partial charge on any atom is 0.313 e. The molecule has 0 bridgehead atoms. The minimum Gasteiger partial charge on any atom is -0.392 e. The number of hydrogen-bond donors (Lipinski definition) is 1. The Balaban J connectivity index is 3.31. The van der Waals surface area contributed by atoms with Crippen LogP contribution in [0.2, 0.25) is 0 Å². The van der Waals surface area contributed by atoms with Gasteiger partial charge >= 0.3 is 5.69 Å². The van der Waals surface area contributed by atoms with Crippen LogP contribution in [0.25, 0.3) is 0 Å². The molecule has 0 aliphatic rings. The number of hydrogen-bond acceptors (Lipinski definition) is 4. The summed E-state index contributed by atoms with van der Waals surface area (Å²) in [6, 6.07) is 0. The Morgan fingerprint density at radius 3 is 2.56 bits per heavy atom. The number of aryl methyl sites for hydroxylation is 2. The monoisotopic (exact) mass is 255 g/mol. The lowest BCUT2D eigenvalue weighted by Gasteiger charge is -2.18. The van der Waals surface area contributed by atoms with Crippen LogP contribution < -0.4 is 0 Å². The summed E-state index contributed by atoms with van der Waals surface area (Å²) in [7, 11) is 0. The fourth-order valence-electron chi connectivity index (χ4n) is 2.18. The molecule has 102 valence electrons. The topological polar surface area (TPSA) is 81.2 Å². The van der Waals surface area contributed by atoms with Crippen molar-refractivity contribution in [1.29, 1.82) is 0 Å². The third kappa shape index (κ3) is 2.69. The molecule has 0 aromatic carbocycles. The molecule has 0 aliphatic heterocycles. The Hall–Kier alpha value is -1.43. The van der Waals surface area contributed by atoms with E-state index in [0.717, 1.165) is 6.42 Å². The predicted octanol–water partition coefficient (Wildman–Crippen LogP) is 2.38. The van der Waals surface area contributed by atoms with Gasteiger partial charge in [-0.05, 0) is 19.8 Å². The Bertz CT molecular complexity index is 428. The highest BCUT2D eigenvalue weighted by atomic mass is 16.6. The van der Waals surface area contributed by atoms with E-state index in [-0.39, 0.29) is 11.6 Å². The molecule has 0 aliphatic carbocycles. The molecular formula is C12H21N3O3. The maximum absolute atomic E-state index is 11.1. The van der Waals surface area contributed by atoms with Crippen molar-refractivity contribution in [2.45, 2.75) is 59.1 Å². The Morgan fingerprint density at radius 2 is 2.11 bits per heavy atom. The third-order valence-electron chi connectivity index (χ3n) is 3.18. The van der Waals surface area contributed by atoms with E-state index in [9.17, 15) is 15.2 Å². The average molecular weight is 255 g/mol. The van der Waals surface area contributed by atoms with Gasteiger partial charge in [0.2, 0.25) is 0 Å². The van der Waals surface area contributed by atoms with Crippen LogP contribution in [0.5, 0.6) is 0 Å². The predicted molar refractivity (Wildman–Crippen MR) is 68.6 cm³/mol. The number of aliphatic hydroxyl groups excluding tert-OH is 1. The van der Waals surface area contributed by atoms with Gasteiger partial charge in [0.1, 0.15) is 11.4 Å². The molecule has 1 aromatic rings. The summed E-state index contributed by atoms with van der Waals surface area (Å²) in [5.74, 6) is -0.289. The van der Waals surface area contributed by atoms with Crippen molar-refractivity contribution >= 4 is 5.69 Å². The SMILES string of the molecule is CCCn1nc(C)c([N+](=O)[O-])c1C(C)C(O)CC.